The van der Waals surface area contributed by atoms with E-state index in [1.54, 1.807) is 0 Å². The predicted octanol–water partition coefficient (Wildman–Crippen LogP) is 2.65. The van der Waals surface area contributed by atoms with Crippen LogP contribution in [0.15, 0.2) is 24.5 Å². The van der Waals surface area contributed by atoms with Gasteiger partial charge in [0.2, 0.25) is 0 Å². The summed E-state index contributed by atoms with van der Waals surface area (Å²) in [7, 11) is 2.05. The van der Waals surface area contributed by atoms with E-state index in [0.29, 0.717) is 12.0 Å². The first-order valence-electron chi connectivity index (χ1n) is 5.80. The van der Waals surface area contributed by atoms with Crippen LogP contribution in [-0.2, 0) is 6.42 Å². The van der Waals surface area contributed by atoms with E-state index in [4.69, 9.17) is 0 Å². The lowest BCUT2D eigenvalue weighted by Crippen LogP contribution is -2.30. The Morgan fingerprint density at radius 1 is 1.27 bits per heavy atom. The molecule has 1 aromatic heterocycles. The molecular weight excluding hydrogens is 184 g/mol. The fraction of sp³-hybridized carbons (Fsp3) is 0.615. The summed E-state index contributed by atoms with van der Waals surface area (Å²) < 4.78 is 0. The molecule has 1 heterocycles. The monoisotopic (exact) mass is 206 g/mol. The van der Waals surface area contributed by atoms with Gasteiger partial charge in [0.15, 0.2) is 0 Å². The van der Waals surface area contributed by atoms with Crippen LogP contribution in [0.5, 0.6) is 0 Å². The first-order chi connectivity index (χ1) is 7.24. The summed E-state index contributed by atoms with van der Waals surface area (Å²) in [5.74, 6) is 0.715. The Balaban J connectivity index is 2.27. The second-order valence-electron chi connectivity index (χ2n) is 4.39. The molecule has 0 aliphatic heterocycles. The molecule has 0 fully saturated rings. The van der Waals surface area contributed by atoms with E-state index in [1.807, 2.05) is 12.4 Å². The summed E-state index contributed by atoms with van der Waals surface area (Å²) in [5, 5.41) is 3.38. The van der Waals surface area contributed by atoms with E-state index < -0.39 is 0 Å². The first kappa shape index (κ1) is 12.2. The summed E-state index contributed by atoms with van der Waals surface area (Å²) in [5.41, 5.74) is 1.39. The van der Waals surface area contributed by atoms with Crippen molar-refractivity contribution in [2.24, 2.45) is 5.92 Å². The number of nitrogens with one attached hydrogen (secondary N) is 1. The van der Waals surface area contributed by atoms with Gasteiger partial charge in [0, 0.05) is 18.4 Å². The van der Waals surface area contributed by atoms with Crippen molar-refractivity contribution < 1.29 is 0 Å². The molecule has 1 rings (SSSR count). The van der Waals surface area contributed by atoms with Gasteiger partial charge >= 0.3 is 0 Å². The highest BCUT2D eigenvalue weighted by atomic mass is 14.9. The molecule has 84 valence electrons. The number of aryl methyl sites for hydroxylation is 1. The van der Waals surface area contributed by atoms with Gasteiger partial charge < -0.3 is 5.32 Å². The molecule has 2 heteroatoms. The SMILES string of the molecule is CNC(CCCc1ccncc1)C(C)C. The molecule has 1 unspecified atom stereocenters. The van der Waals surface area contributed by atoms with Gasteiger partial charge in [-0.25, -0.2) is 0 Å². The minimum absolute atomic E-state index is 0.645. The highest BCUT2D eigenvalue weighted by Crippen LogP contribution is 2.11. The topological polar surface area (TPSA) is 24.9 Å². The van der Waals surface area contributed by atoms with E-state index >= 15 is 0 Å². The van der Waals surface area contributed by atoms with Crippen LogP contribution in [-0.4, -0.2) is 18.1 Å². The highest BCUT2D eigenvalue weighted by Gasteiger charge is 2.09. The summed E-state index contributed by atoms with van der Waals surface area (Å²) in [6, 6.07) is 4.85. The fourth-order valence-corrected chi connectivity index (χ4v) is 1.89. The maximum atomic E-state index is 4.02. The predicted molar refractivity (Wildman–Crippen MR) is 64.9 cm³/mol. The smallest absolute Gasteiger partial charge is 0.0270 e. The zero-order chi connectivity index (χ0) is 11.1. The van der Waals surface area contributed by atoms with Crippen molar-refractivity contribution in [3.8, 4) is 0 Å². The second-order valence-corrected chi connectivity index (χ2v) is 4.39. The minimum Gasteiger partial charge on any atom is -0.317 e. The molecule has 0 bridgehead atoms. The molecule has 0 aliphatic carbocycles. The molecule has 1 aromatic rings. The third-order valence-electron chi connectivity index (χ3n) is 2.91. The fourth-order valence-electron chi connectivity index (χ4n) is 1.89. The number of pyridine rings is 1. The van der Waals surface area contributed by atoms with Crippen molar-refractivity contribution in [2.45, 2.75) is 39.2 Å². The summed E-state index contributed by atoms with van der Waals surface area (Å²) in [6.45, 7) is 4.54. The zero-order valence-electron chi connectivity index (χ0n) is 10.0. The molecule has 1 atom stereocenters. The van der Waals surface area contributed by atoms with Gasteiger partial charge in [-0.15, -0.1) is 0 Å². The Hall–Kier alpha value is -0.890. The van der Waals surface area contributed by atoms with Crippen molar-refractivity contribution in [3.63, 3.8) is 0 Å². The zero-order valence-corrected chi connectivity index (χ0v) is 10.0. The Bertz CT molecular complexity index is 256. The summed E-state index contributed by atoms with van der Waals surface area (Å²) in [6.07, 6.45) is 7.39. The Labute approximate surface area is 93.1 Å². The quantitative estimate of drug-likeness (QED) is 0.774. The number of aromatic nitrogens is 1. The maximum absolute atomic E-state index is 4.02. The maximum Gasteiger partial charge on any atom is 0.0270 e. The van der Waals surface area contributed by atoms with E-state index in [2.05, 4.69) is 43.3 Å². The van der Waals surface area contributed by atoms with Crippen LogP contribution in [0.2, 0.25) is 0 Å². The van der Waals surface area contributed by atoms with Gasteiger partial charge in [-0.3, -0.25) is 4.98 Å². The van der Waals surface area contributed by atoms with Gasteiger partial charge in [-0.1, -0.05) is 13.8 Å². The third-order valence-corrected chi connectivity index (χ3v) is 2.91. The minimum atomic E-state index is 0.645. The van der Waals surface area contributed by atoms with Crippen molar-refractivity contribution >= 4 is 0 Å². The van der Waals surface area contributed by atoms with Crippen LogP contribution < -0.4 is 5.32 Å². The van der Waals surface area contributed by atoms with Gasteiger partial charge in [0.1, 0.15) is 0 Å². The lowest BCUT2D eigenvalue weighted by atomic mass is 9.97. The van der Waals surface area contributed by atoms with Gasteiger partial charge in [0.05, 0.1) is 0 Å². The molecule has 0 aliphatic rings. The third kappa shape index (κ3) is 4.43. The molecule has 0 aromatic carbocycles. The van der Waals surface area contributed by atoms with Crippen LogP contribution in [0, 0.1) is 5.92 Å². The molecular formula is C13H22N2. The Kier molecular flexibility index (Phi) is 5.33. The molecule has 15 heavy (non-hydrogen) atoms. The van der Waals surface area contributed by atoms with Gasteiger partial charge in [-0.2, -0.15) is 0 Å². The first-order valence-corrected chi connectivity index (χ1v) is 5.80. The van der Waals surface area contributed by atoms with Gasteiger partial charge in [0.25, 0.3) is 0 Å². The Morgan fingerprint density at radius 2 is 1.93 bits per heavy atom. The van der Waals surface area contributed by atoms with Crippen molar-refractivity contribution in [2.75, 3.05) is 7.05 Å². The summed E-state index contributed by atoms with van der Waals surface area (Å²) >= 11 is 0. The lowest BCUT2D eigenvalue weighted by molar-refractivity contribution is 0.393. The van der Waals surface area contributed by atoms with Crippen LogP contribution in [0.25, 0.3) is 0 Å². The molecule has 0 spiro atoms. The van der Waals surface area contributed by atoms with Gasteiger partial charge in [-0.05, 0) is 49.9 Å². The van der Waals surface area contributed by atoms with Crippen LogP contribution in [0.3, 0.4) is 0 Å². The Morgan fingerprint density at radius 3 is 2.47 bits per heavy atom. The number of rotatable bonds is 6. The lowest BCUT2D eigenvalue weighted by Gasteiger charge is -2.19. The molecule has 0 saturated carbocycles. The van der Waals surface area contributed by atoms with Crippen molar-refractivity contribution in [3.05, 3.63) is 30.1 Å². The number of hydrogen-bond donors (Lipinski definition) is 1. The molecule has 0 radical (unpaired) electrons. The van der Waals surface area contributed by atoms with Crippen LogP contribution in [0.4, 0.5) is 0 Å². The van der Waals surface area contributed by atoms with E-state index in [-0.39, 0.29) is 0 Å². The van der Waals surface area contributed by atoms with Crippen molar-refractivity contribution in [1.29, 1.82) is 0 Å². The average molecular weight is 206 g/mol. The second kappa shape index (κ2) is 6.57. The van der Waals surface area contributed by atoms with E-state index in [0.717, 1.165) is 6.42 Å². The summed E-state index contributed by atoms with van der Waals surface area (Å²) in [4.78, 5) is 4.02. The average Bonchev–Trinajstić information content (AvgIpc) is 2.25. The largest absolute Gasteiger partial charge is 0.317 e. The van der Waals surface area contributed by atoms with Crippen LogP contribution >= 0.6 is 0 Å². The standard InChI is InChI=1S/C13H22N2/c1-11(2)13(14-3)6-4-5-12-7-9-15-10-8-12/h7-11,13-14H,4-6H2,1-3H3. The van der Waals surface area contributed by atoms with Crippen LogP contribution in [0.1, 0.15) is 32.3 Å². The molecule has 2 nitrogen and oxygen atoms in total. The molecule has 0 saturated heterocycles. The normalized spacial score (nSPS) is 13.1. The number of nitrogens with zero attached hydrogens (tertiary/aromatic N) is 1. The highest BCUT2D eigenvalue weighted by molar-refractivity contribution is 5.09. The molecule has 1 N–H and O–H groups in total. The molecule has 0 amide bonds. The number of hydrogen-bond acceptors (Lipinski definition) is 2. The van der Waals surface area contributed by atoms with Crippen molar-refractivity contribution in [1.82, 2.24) is 10.3 Å². The van der Waals surface area contributed by atoms with E-state index in [9.17, 15) is 0 Å². The van der Waals surface area contributed by atoms with E-state index in [1.165, 1.54) is 18.4 Å².